The Hall–Kier alpha value is -0.400. The largest absolute Gasteiger partial charge is 0.381 e. The molecule has 10 heteroatoms. The van der Waals surface area contributed by atoms with E-state index in [1.807, 2.05) is 7.05 Å². The minimum atomic E-state index is -0.236. The standard InChI is InChI=1S/C5H13NO2.2C4H11NO2.C4H8O/c1-6-4-5(7-2)8-3;2*1-6-4(3-5)7-2;1-2-4-5-3-1/h5-6H,4H2,1-3H3;2*4H,3,5H2,1-2H3;1-4H2. The molecule has 0 atom stereocenters. The Kier molecular flexibility index (Phi) is 32.2. The maximum Gasteiger partial charge on any atom is 0.169 e. The van der Waals surface area contributed by atoms with Gasteiger partial charge in [-0.1, -0.05) is 0 Å². The molecule has 1 aliphatic heterocycles. The minimum absolute atomic E-state index is 0.111. The van der Waals surface area contributed by atoms with Crippen molar-refractivity contribution in [3.05, 3.63) is 0 Å². The number of nitrogens with two attached hydrogens (primary N) is 2. The van der Waals surface area contributed by atoms with Crippen molar-refractivity contribution in [1.82, 2.24) is 5.32 Å². The van der Waals surface area contributed by atoms with Gasteiger partial charge >= 0.3 is 0 Å². The summed E-state index contributed by atoms with van der Waals surface area (Å²) in [5.41, 5.74) is 10.3. The van der Waals surface area contributed by atoms with Crippen LogP contribution in [0.4, 0.5) is 0 Å². The van der Waals surface area contributed by atoms with E-state index in [1.165, 1.54) is 12.8 Å². The first-order valence-electron chi connectivity index (χ1n) is 8.84. The Bertz CT molecular complexity index is 208. The van der Waals surface area contributed by atoms with E-state index in [1.54, 1.807) is 42.7 Å². The predicted molar refractivity (Wildman–Crippen MR) is 106 cm³/mol. The van der Waals surface area contributed by atoms with Crippen molar-refractivity contribution in [1.29, 1.82) is 0 Å². The monoisotopic (exact) mass is 401 g/mol. The van der Waals surface area contributed by atoms with E-state index in [0.29, 0.717) is 13.1 Å². The first-order chi connectivity index (χ1) is 13.0. The average molecular weight is 402 g/mol. The molecule has 0 amide bonds. The molecule has 0 aromatic rings. The molecule has 1 rings (SSSR count). The lowest BCUT2D eigenvalue weighted by Crippen LogP contribution is -2.26. The molecule has 0 aromatic carbocycles. The van der Waals surface area contributed by atoms with Gasteiger partial charge in [-0.05, 0) is 19.9 Å². The fraction of sp³-hybridized carbons (Fsp3) is 1.00. The van der Waals surface area contributed by atoms with Gasteiger partial charge in [-0.3, -0.25) is 0 Å². The number of nitrogens with one attached hydrogen (secondary N) is 1. The fourth-order valence-corrected chi connectivity index (χ4v) is 1.52. The summed E-state index contributed by atoms with van der Waals surface area (Å²) in [7, 11) is 11.3. The van der Waals surface area contributed by atoms with Crippen LogP contribution in [0.15, 0.2) is 0 Å². The van der Waals surface area contributed by atoms with Gasteiger partial charge in [-0.2, -0.15) is 0 Å². The predicted octanol–water partition coefficient (Wildman–Crippen LogP) is -0.250. The van der Waals surface area contributed by atoms with Crippen LogP contribution >= 0.6 is 0 Å². The van der Waals surface area contributed by atoms with Gasteiger partial charge in [0.05, 0.1) is 0 Å². The minimum Gasteiger partial charge on any atom is -0.381 e. The van der Waals surface area contributed by atoms with Gasteiger partial charge in [0.15, 0.2) is 18.9 Å². The second kappa shape index (κ2) is 27.8. The molecule has 1 saturated heterocycles. The van der Waals surface area contributed by atoms with Crippen molar-refractivity contribution in [3.63, 3.8) is 0 Å². The Labute approximate surface area is 165 Å². The maximum absolute atomic E-state index is 5.14. The highest BCUT2D eigenvalue weighted by molar-refractivity contribution is 4.44. The Morgan fingerprint density at radius 3 is 1.11 bits per heavy atom. The van der Waals surface area contributed by atoms with E-state index < -0.39 is 0 Å². The van der Waals surface area contributed by atoms with E-state index in [0.717, 1.165) is 19.8 Å². The molecule has 0 radical (unpaired) electrons. The highest BCUT2D eigenvalue weighted by Gasteiger charge is 1.99. The summed E-state index contributed by atoms with van der Waals surface area (Å²) < 4.78 is 33.5. The molecule has 10 nitrogen and oxygen atoms in total. The third-order valence-electron chi connectivity index (χ3n) is 3.16. The zero-order valence-electron chi connectivity index (χ0n) is 18.2. The van der Waals surface area contributed by atoms with Crippen LogP contribution in [0.25, 0.3) is 0 Å². The van der Waals surface area contributed by atoms with Crippen molar-refractivity contribution in [2.75, 3.05) is 82.6 Å². The Morgan fingerprint density at radius 1 is 0.704 bits per heavy atom. The van der Waals surface area contributed by atoms with Crippen molar-refractivity contribution >= 4 is 0 Å². The third kappa shape index (κ3) is 25.6. The number of methoxy groups -OCH3 is 6. The van der Waals surface area contributed by atoms with Crippen LogP contribution in [-0.4, -0.2) is 101 Å². The van der Waals surface area contributed by atoms with Crippen molar-refractivity contribution in [3.8, 4) is 0 Å². The fourth-order valence-electron chi connectivity index (χ4n) is 1.52. The third-order valence-corrected chi connectivity index (χ3v) is 3.16. The van der Waals surface area contributed by atoms with Crippen LogP contribution in [0.3, 0.4) is 0 Å². The molecule has 5 N–H and O–H groups in total. The summed E-state index contributed by atoms with van der Waals surface area (Å²) in [5, 5.41) is 2.92. The summed E-state index contributed by atoms with van der Waals surface area (Å²) in [6, 6.07) is 0. The van der Waals surface area contributed by atoms with Crippen LogP contribution in [0.2, 0.25) is 0 Å². The quantitative estimate of drug-likeness (QED) is 0.421. The van der Waals surface area contributed by atoms with Gasteiger partial charge in [-0.25, -0.2) is 0 Å². The number of ether oxygens (including phenoxy) is 7. The van der Waals surface area contributed by atoms with Gasteiger partial charge in [0, 0.05) is 75.5 Å². The van der Waals surface area contributed by atoms with E-state index >= 15 is 0 Å². The molecule has 0 bridgehead atoms. The molecular formula is C17H43N3O7. The highest BCUT2D eigenvalue weighted by Crippen LogP contribution is 1.98. The van der Waals surface area contributed by atoms with Crippen molar-refractivity contribution in [2.45, 2.75) is 31.7 Å². The molecule has 0 saturated carbocycles. The smallest absolute Gasteiger partial charge is 0.169 e. The summed E-state index contributed by atoms with van der Waals surface area (Å²) in [5.74, 6) is 0. The van der Waals surface area contributed by atoms with E-state index in [4.69, 9.17) is 44.6 Å². The molecule has 27 heavy (non-hydrogen) atoms. The first-order valence-corrected chi connectivity index (χ1v) is 8.84. The maximum atomic E-state index is 5.14. The molecular weight excluding hydrogens is 358 g/mol. The summed E-state index contributed by atoms with van der Waals surface area (Å²) >= 11 is 0. The summed E-state index contributed by atoms with van der Waals surface area (Å²) in [4.78, 5) is 0. The van der Waals surface area contributed by atoms with Crippen molar-refractivity contribution < 1.29 is 33.2 Å². The Balaban J connectivity index is -0.000000287. The van der Waals surface area contributed by atoms with Gasteiger partial charge in [-0.15, -0.1) is 0 Å². The van der Waals surface area contributed by atoms with E-state index in [-0.39, 0.29) is 18.9 Å². The van der Waals surface area contributed by atoms with Crippen LogP contribution < -0.4 is 16.8 Å². The molecule has 0 spiro atoms. The van der Waals surface area contributed by atoms with Crippen molar-refractivity contribution in [2.24, 2.45) is 11.5 Å². The lowest BCUT2D eigenvalue weighted by Gasteiger charge is -2.11. The SMILES string of the molecule is C1CCOC1.CNCC(OC)OC.COC(CN)OC.COC(CN)OC. The first kappa shape index (κ1) is 31.3. The average Bonchev–Trinajstić information content (AvgIpc) is 3.30. The van der Waals surface area contributed by atoms with Crippen LogP contribution in [-0.2, 0) is 33.2 Å². The highest BCUT2D eigenvalue weighted by atomic mass is 16.7. The van der Waals surface area contributed by atoms with Crippen LogP contribution in [0, 0.1) is 0 Å². The normalized spacial score (nSPS) is 12.9. The summed E-state index contributed by atoms with van der Waals surface area (Å²) in [6.07, 6.45) is 1.97. The molecule has 1 aliphatic rings. The molecule has 0 aliphatic carbocycles. The van der Waals surface area contributed by atoms with Gasteiger partial charge in [0.25, 0.3) is 0 Å². The Morgan fingerprint density at radius 2 is 1.04 bits per heavy atom. The molecule has 0 unspecified atom stereocenters. The topological polar surface area (TPSA) is 129 Å². The number of hydrogen-bond acceptors (Lipinski definition) is 10. The van der Waals surface area contributed by atoms with Crippen LogP contribution in [0.1, 0.15) is 12.8 Å². The molecule has 0 aromatic heterocycles. The number of hydrogen-bond donors (Lipinski definition) is 3. The lowest BCUT2D eigenvalue weighted by molar-refractivity contribution is -0.0978. The molecule has 1 fully saturated rings. The zero-order chi connectivity index (χ0) is 21.3. The number of likely N-dealkylation sites (N-methyl/N-ethyl adjacent to an activating group) is 1. The second-order valence-electron chi connectivity index (χ2n) is 5.05. The molecule has 168 valence electrons. The van der Waals surface area contributed by atoms with Gasteiger partial charge < -0.3 is 49.9 Å². The number of rotatable bonds is 10. The molecule has 1 heterocycles. The van der Waals surface area contributed by atoms with Gasteiger partial charge in [0.2, 0.25) is 0 Å². The van der Waals surface area contributed by atoms with Crippen LogP contribution in [0.5, 0.6) is 0 Å². The van der Waals surface area contributed by atoms with Gasteiger partial charge in [0.1, 0.15) is 0 Å². The van der Waals surface area contributed by atoms with E-state index in [9.17, 15) is 0 Å². The zero-order valence-corrected chi connectivity index (χ0v) is 18.2. The van der Waals surface area contributed by atoms with E-state index in [2.05, 4.69) is 5.32 Å². The lowest BCUT2D eigenvalue weighted by atomic mass is 10.4. The summed E-state index contributed by atoms with van der Waals surface area (Å²) in [6.45, 7) is 3.55. The second-order valence-corrected chi connectivity index (χ2v) is 5.05.